The van der Waals surface area contributed by atoms with E-state index in [1.54, 1.807) is 13.0 Å². The predicted molar refractivity (Wildman–Crippen MR) is 112 cm³/mol. The molecule has 0 bridgehead atoms. The summed E-state index contributed by atoms with van der Waals surface area (Å²) in [6.45, 7) is 4.63. The summed E-state index contributed by atoms with van der Waals surface area (Å²) in [6.07, 6.45) is 0.709. The second-order valence-corrected chi connectivity index (χ2v) is 7.87. The fourth-order valence-corrected chi connectivity index (χ4v) is 4.38. The van der Waals surface area contributed by atoms with Crippen molar-refractivity contribution in [2.75, 3.05) is 32.6 Å². The maximum Gasteiger partial charge on any atom is 0.336 e. The largest absolute Gasteiger partial charge is 0.463 e. The Kier molecular flexibility index (Phi) is 6.29. The summed E-state index contributed by atoms with van der Waals surface area (Å²) in [6, 6.07) is 6.43. The van der Waals surface area contributed by atoms with Crippen molar-refractivity contribution in [1.29, 1.82) is 0 Å². The van der Waals surface area contributed by atoms with Gasteiger partial charge >= 0.3 is 5.97 Å². The van der Waals surface area contributed by atoms with Gasteiger partial charge in [0.2, 0.25) is 0 Å². The standard InChI is InChI=1S/C20H24N4O4S/c1-5-28-20(25)16-12(2)21-19-18(15(22-29-19)9-10-23(3)4)17(16)13-7-6-8-14(11-13)24(26)27/h6-8,11,17,21H,5,9-10H2,1-4H3. The monoisotopic (exact) mass is 416 g/mol. The Bertz CT molecular complexity index is 967. The smallest absolute Gasteiger partial charge is 0.336 e. The lowest BCUT2D eigenvalue weighted by Gasteiger charge is -2.28. The molecule has 154 valence electrons. The average molecular weight is 417 g/mol. The summed E-state index contributed by atoms with van der Waals surface area (Å²) < 4.78 is 9.93. The number of nitro groups is 1. The zero-order valence-electron chi connectivity index (χ0n) is 16.9. The van der Waals surface area contributed by atoms with Gasteiger partial charge in [-0.3, -0.25) is 10.1 Å². The number of ether oxygens (including phenoxy) is 1. The Morgan fingerprint density at radius 1 is 1.41 bits per heavy atom. The predicted octanol–water partition coefficient (Wildman–Crippen LogP) is 3.55. The topological polar surface area (TPSA) is 97.6 Å². The van der Waals surface area contributed by atoms with Crippen LogP contribution in [0, 0.1) is 10.1 Å². The number of nitro benzene ring substituents is 1. The maximum atomic E-state index is 12.8. The fraction of sp³-hybridized carbons (Fsp3) is 0.400. The number of aromatic nitrogens is 1. The lowest BCUT2D eigenvalue weighted by molar-refractivity contribution is -0.384. The number of carbonyl (C=O) groups is 1. The number of hydrogen-bond acceptors (Lipinski definition) is 8. The van der Waals surface area contributed by atoms with Crippen LogP contribution in [0.5, 0.6) is 0 Å². The van der Waals surface area contributed by atoms with E-state index >= 15 is 0 Å². The number of benzene rings is 1. The number of carbonyl (C=O) groups excluding carboxylic acids is 1. The van der Waals surface area contributed by atoms with E-state index in [4.69, 9.17) is 4.74 Å². The van der Waals surface area contributed by atoms with E-state index in [1.807, 2.05) is 27.1 Å². The number of esters is 1. The molecule has 1 atom stereocenters. The molecule has 2 heterocycles. The third kappa shape index (κ3) is 4.30. The van der Waals surface area contributed by atoms with Gasteiger partial charge in [0.1, 0.15) is 5.00 Å². The molecule has 2 aromatic rings. The molecule has 0 saturated carbocycles. The number of fused-ring (bicyclic) bond motifs is 1. The summed E-state index contributed by atoms with van der Waals surface area (Å²) in [5.41, 5.74) is 3.58. The van der Waals surface area contributed by atoms with E-state index in [1.165, 1.54) is 23.7 Å². The Morgan fingerprint density at radius 2 is 2.17 bits per heavy atom. The molecule has 8 nitrogen and oxygen atoms in total. The minimum Gasteiger partial charge on any atom is -0.463 e. The van der Waals surface area contributed by atoms with Gasteiger partial charge in [-0.15, -0.1) is 0 Å². The molecule has 29 heavy (non-hydrogen) atoms. The second-order valence-electron chi connectivity index (χ2n) is 7.09. The number of likely N-dealkylation sites (N-methyl/N-ethyl adjacent to an activating group) is 1. The first-order chi connectivity index (χ1) is 13.8. The summed E-state index contributed by atoms with van der Waals surface area (Å²) in [5.74, 6) is -0.898. The SMILES string of the molecule is CCOC(=O)C1=C(C)Nc2snc(CCN(C)C)c2C1c1cccc([N+](=O)[O-])c1. The van der Waals surface area contributed by atoms with E-state index in [-0.39, 0.29) is 12.3 Å². The van der Waals surface area contributed by atoms with Gasteiger partial charge in [-0.05, 0) is 45.0 Å². The zero-order valence-corrected chi connectivity index (χ0v) is 17.7. The second kappa shape index (κ2) is 8.71. The maximum absolute atomic E-state index is 12.8. The molecular formula is C20H24N4O4S. The Morgan fingerprint density at radius 3 is 2.83 bits per heavy atom. The lowest BCUT2D eigenvalue weighted by Crippen LogP contribution is -2.25. The van der Waals surface area contributed by atoms with Gasteiger partial charge in [0.05, 0.1) is 22.8 Å². The number of non-ortho nitro benzene ring substituents is 1. The molecule has 1 aromatic heterocycles. The zero-order chi connectivity index (χ0) is 21.1. The number of hydrogen-bond donors (Lipinski definition) is 1. The van der Waals surface area contributed by atoms with Gasteiger partial charge in [-0.2, -0.15) is 4.37 Å². The first-order valence-corrected chi connectivity index (χ1v) is 10.1. The fourth-order valence-electron chi connectivity index (χ4n) is 3.46. The first-order valence-electron chi connectivity index (χ1n) is 9.35. The average Bonchev–Trinajstić information content (AvgIpc) is 3.07. The van der Waals surface area contributed by atoms with Crippen LogP contribution in [-0.4, -0.2) is 47.4 Å². The van der Waals surface area contributed by atoms with Gasteiger partial charge in [-0.1, -0.05) is 12.1 Å². The minimum atomic E-state index is -0.471. The summed E-state index contributed by atoms with van der Waals surface area (Å²) >= 11 is 1.34. The Labute approximate surface area is 173 Å². The summed E-state index contributed by atoms with van der Waals surface area (Å²) in [7, 11) is 3.98. The van der Waals surface area contributed by atoms with E-state index in [0.717, 1.165) is 22.8 Å². The van der Waals surface area contributed by atoms with Crippen molar-refractivity contribution in [2.24, 2.45) is 0 Å². The van der Waals surface area contributed by atoms with E-state index < -0.39 is 16.8 Å². The van der Waals surface area contributed by atoms with E-state index in [2.05, 4.69) is 14.6 Å². The molecule has 1 unspecified atom stereocenters. The van der Waals surface area contributed by atoms with Crippen molar-refractivity contribution >= 4 is 28.2 Å². The van der Waals surface area contributed by atoms with Crippen molar-refractivity contribution in [3.05, 3.63) is 62.5 Å². The van der Waals surface area contributed by atoms with Crippen LogP contribution in [0.4, 0.5) is 10.7 Å². The van der Waals surface area contributed by atoms with Gasteiger partial charge in [0.25, 0.3) is 5.69 Å². The molecule has 1 aliphatic rings. The molecule has 9 heteroatoms. The van der Waals surface area contributed by atoms with Crippen molar-refractivity contribution in [1.82, 2.24) is 9.27 Å². The lowest BCUT2D eigenvalue weighted by atomic mass is 9.81. The van der Waals surface area contributed by atoms with Crippen LogP contribution in [0.25, 0.3) is 0 Å². The van der Waals surface area contributed by atoms with Crippen LogP contribution in [-0.2, 0) is 16.0 Å². The van der Waals surface area contributed by atoms with Crippen molar-refractivity contribution in [3.63, 3.8) is 0 Å². The van der Waals surface area contributed by atoms with E-state index in [9.17, 15) is 14.9 Å². The highest BCUT2D eigenvalue weighted by Crippen LogP contribution is 2.46. The molecule has 0 saturated heterocycles. The highest BCUT2D eigenvalue weighted by molar-refractivity contribution is 7.10. The third-order valence-corrected chi connectivity index (χ3v) is 5.61. The molecule has 0 fully saturated rings. The third-order valence-electron chi connectivity index (χ3n) is 4.79. The van der Waals surface area contributed by atoms with Crippen LogP contribution < -0.4 is 5.32 Å². The van der Waals surface area contributed by atoms with Crippen molar-refractivity contribution < 1.29 is 14.5 Å². The van der Waals surface area contributed by atoms with Crippen LogP contribution in [0.2, 0.25) is 0 Å². The van der Waals surface area contributed by atoms with Crippen molar-refractivity contribution in [3.8, 4) is 0 Å². The number of nitrogens with one attached hydrogen (secondary N) is 1. The summed E-state index contributed by atoms with van der Waals surface area (Å²) in [4.78, 5) is 25.8. The van der Waals surface area contributed by atoms with Crippen LogP contribution in [0.1, 0.15) is 36.6 Å². The van der Waals surface area contributed by atoms with Crippen LogP contribution in [0.3, 0.4) is 0 Å². The Balaban J connectivity index is 2.17. The number of anilines is 1. The van der Waals surface area contributed by atoms with Gasteiger partial charge in [0.15, 0.2) is 0 Å². The molecule has 3 rings (SSSR count). The minimum absolute atomic E-state index is 0.0125. The normalized spacial score (nSPS) is 15.8. The van der Waals surface area contributed by atoms with Gasteiger partial charge in [0, 0.05) is 42.3 Å². The number of nitrogens with zero attached hydrogens (tertiary/aromatic N) is 3. The molecule has 1 N–H and O–H groups in total. The highest BCUT2D eigenvalue weighted by Gasteiger charge is 2.37. The van der Waals surface area contributed by atoms with Gasteiger partial charge in [-0.25, -0.2) is 4.79 Å². The quantitative estimate of drug-likeness (QED) is 0.419. The molecule has 0 radical (unpaired) electrons. The first kappa shape index (κ1) is 20.9. The highest BCUT2D eigenvalue weighted by atomic mass is 32.1. The molecule has 0 amide bonds. The van der Waals surface area contributed by atoms with E-state index in [0.29, 0.717) is 23.3 Å². The number of rotatable bonds is 7. The Hall–Kier alpha value is -2.78. The summed E-state index contributed by atoms with van der Waals surface area (Å²) in [5, 5.41) is 15.5. The number of allylic oxidation sites excluding steroid dienone is 1. The van der Waals surface area contributed by atoms with Crippen LogP contribution >= 0.6 is 11.5 Å². The van der Waals surface area contributed by atoms with Gasteiger partial charge < -0.3 is 15.0 Å². The molecule has 0 aliphatic carbocycles. The molecule has 0 spiro atoms. The van der Waals surface area contributed by atoms with Crippen LogP contribution in [0.15, 0.2) is 35.5 Å². The molecule has 1 aromatic carbocycles. The molecular weight excluding hydrogens is 392 g/mol. The molecule has 1 aliphatic heterocycles. The van der Waals surface area contributed by atoms with Crippen molar-refractivity contribution in [2.45, 2.75) is 26.2 Å².